The van der Waals surface area contributed by atoms with E-state index < -0.39 is 18.1 Å². The fourth-order valence-electron chi connectivity index (χ4n) is 5.10. The molecule has 0 N–H and O–H groups in total. The van der Waals surface area contributed by atoms with Crippen LogP contribution in [-0.2, 0) is 32.1 Å². The average molecular weight is 555 g/mol. The lowest BCUT2D eigenvalue weighted by Crippen LogP contribution is -2.42. The number of hydrogen-bond acceptors (Lipinski definition) is 7. The maximum Gasteiger partial charge on any atom is 0.471 e. The van der Waals surface area contributed by atoms with E-state index in [1.54, 1.807) is 19.9 Å². The Morgan fingerprint density at radius 2 is 1.85 bits per heavy atom. The number of benzene rings is 1. The Kier molecular flexibility index (Phi) is 10.4. The third-order valence-electron chi connectivity index (χ3n) is 7.22. The monoisotopic (exact) mass is 554 g/mol. The molecule has 8 nitrogen and oxygen atoms in total. The van der Waals surface area contributed by atoms with Gasteiger partial charge in [0.25, 0.3) is 0 Å². The summed E-state index contributed by atoms with van der Waals surface area (Å²) in [4.78, 5) is 40.1. The molecule has 2 aliphatic heterocycles. The number of rotatable bonds is 11. The first kappa shape index (κ1) is 30.5. The van der Waals surface area contributed by atoms with Crippen LogP contribution < -0.4 is 9.64 Å². The van der Waals surface area contributed by atoms with Gasteiger partial charge in [0.1, 0.15) is 19.0 Å². The zero-order chi connectivity index (χ0) is 28.7. The molecule has 1 aromatic rings. The first-order valence-corrected chi connectivity index (χ1v) is 13.3. The van der Waals surface area contributed by atoms with Gasteiger partial charge in [-0.3, -0.25) is 14.5 Å². The molecule has 39 heavy (non-hydrogen) atoms. The Balaban J connectivity index is 1.79. The van der Waals surface area contributed by atoms with E-state index in [0.29, 0.717) is 35.6 Å². The Morgan fingerprint density at radius 1 is 1.15 bits per heavy atom. The van der Waals surface area contributed by atoms with Crippen LogP contribution in [0.25, 0.3) is 0 Å². The van der Waals surface area contributed by atoms with E-state index in [2.05, 4.69) is 4.90 Å². The summed E-state index contributed by atoms with van der Waals surface area (Å²) in [6.45, 7) is 7.58. The summed E-state index contributed by atoms with van der Waals surface area (Å²) < 4.78 is 56.6. The number of hydrogen-bond donors (Lipinski definition) is 0. The SMILES string of the molecule is CCN(C(=O)C(F)(F)F)c1c(CC=C(C)CCC(=O)OCCN2CCCCC2)c(OC)c(C)c2c1C(=O)OC2. The normalized spacial score (nSPS) is 16.1. The smallest absolute Gasteiger partial charge is 0.471 e. The zero-order valence-corrected chi connectivity index (χ0v) is 23.0. The molecule has 3 rings (SSSR count). The molecule has 1 saturated heterocycles. The van der Waals surface area contributed by atoms with Crippen molar-refractivity contribution in [1.29, 1.82) is 0 Å². The molecule has 2 heterocycles. The lowest BCUT2D eigenvalue weighted by Gasteiger charge is -2.28. The highest BCUT2D eigenvalue weighted by atomic mass is 19.4. The number of methoxy groups -OCH3 is 1. The number of ether oxygens (including phenoxy) is 3. The summed E-state index contributed by atoms with van der Waals surface area (Å²) in [6.07, 6.45) is 0.824. The third-order valence-corrected chi connectivity index (χ3v) is 7.22. The largest absolute Gasteiger partial charge is 0.496 e. The molecule has 11 heteroatoms. The van der Waals surface area contributed by atoms with Gasteiger partial charge in [-0.15, -0.1) is 0 Å². The number of fused-ring (bicyclic) bond motifs is 1. The van der Waals surface area contributed by atoms with Gasteiger partial charge in [0, 0.05) is 30.6 Å². The predicted molar refractivity (Wildman–Crippen MR) is 139 cm³/mol. The van der Waals surface area contributed by atoms with Crippen molar-refractivity contribution in [3.63, 3.8) is 0 Å². The number of cyclic esters (lactones) is 1. The van der Waals surface area contributed by atoms with Crippen LogP contribution in [0, 0.1) is 6.92 Å². The Hall–Kier alpha value is -3.08. The second kappa shape index (κ2) is 13.3. The quantitative estimate of drug-likeness (QED) is 0.285. The molecular formula is C28H37F3N2O6. The highest BCUT2D eigenvalue weighted by Crippen LogP contribution is 2.44. The number of carbonyl (C=O) groups excluding carboxylic acids is 3. The van der Waals surface area contributed by atoms with Gasteiger partial charge in [0.2, 0.25) is 0 Å². The van der Waals surface area contributed by atoms with E-state index >= 15 is 0 Å². The lowest BCUT2D eigenvalue weighted by atomic mass is 9.92. The lowest BCUT2D eigenvalue weighted by molar-refractivity contribution is -0.170. The van der Waals surface area contributed by atoms with E-state index in [4.69, 9.17) is 14.2 Å². The molecule has 0 spiro atoms. The Bertz CT molecular complexity index is 1110. The fraction of sp³-hybridized carbons (Fsp3) is 0.607. The molecule has 0 aliphatic carbocycles. The molecule has 1 aromatic carbocycles. The molecule has 1 amide bonds. The van der Waals surface area contributed by atoms with Gasteiger partial charge < -0.3 is 19.1 Å². The van der Waals surface area contributed by atoms with Gasteiger partial charge in [-0.25, -0.2) is 4.79 Å². The molecule has 0 unspecified atom stereocenters. The van der Waals surface area contributed by atoms with Gasteiger partial charge >= 0.3 is 24.0 Å². The van der Waals surface area contributed by atoms with E-state index in [-0.39, 0.29) is 54.5 Å². The Labute approximate surface area is 227 Å². The van der Waals surface area contributed by atoms with Gasteiger partial charge in [-0.2, -0.15) is 13.2 Å². The maximum atomic E-state index is 13.5. The van der Waals surface area contributed by atoms with Gasteiger partial charge in [0.15, 0.2) is 0 Å². The molecule has 0 saturated carbocycles. The molecule has 0 bridgehead atoms. The first-order chi connectivity index (χ1) is 18.5. The van der Waals surface area contributed by atoms with E-state index in [9.17, 15) is 27.6 Å². The van der Waals surface area contributed by atoms with Gasteiger partial charge in [0.05, 0.1) is 18.4 Å². The summed E-state index contributed by atoms with van der Waals surface area (Å²) in [5.74, 6) is -2.89. The number of halogens is 3. The van der Waals surface area contributed by atoms with Crippen molar-refractivity contribution in [2.45, 2.75) is 72.1 Å². The van der Waals surface area contributed by atoms with Crippen LogP contribution in [0.5, 0.6) is 5.75 Å². The second-order valence-corrected chi connectivity index (χ2v) is 9.84. The van der Waals surface area contributed by atoms with Gasteiger partial charge in [-0.1, -0.05) is 18.1 Å². The van der Waals surface area contributed by atoms with Crippen LogP contribution in [-0.4, -0.2) is 68.8 Å². The standard InChI is InChI=1S/C28H37F3N2O6/c1-5-33(27(36)28(29,30)31)24-20(25(37-4)19(3)21-17-39-26(35)23(21)24)11-9-18(2)10-12-22(34)38-16-15-32-13-7-6-8-14-32/h9H,5-8,10-17H2,1-4H3. The Morgan fingerprint density at radius 3 is 2.46 bits per heavy atom. The van der Waals surface area contributed by atoms with E-state index in [1.165, 1.54) is 20.5 Å². The number of anilines is 1. The minimum absolute atomic E-state index is 0.0499. The van der Waals surface area contributed by atoms with Crippen LogP contribution in [0.3, 0.4) is 0 Å². The molecule has 0 aromatic heterocycles. The van der Waals surface area contributed by atoms with E-state index in [0.717, 1.165) is 31.5 Å². The minimum atomic E-state index is -5.14. The van der Waals surface area contributed by atoms with Crippen LogP contribution in [0.4, 0.5) is 18.9 Å². The average Bonchev–Trinajstić information content (AvgIpc) is 3.29. The molecule has 0 atom stereocenters. The molecular weight excluding hydrogens is 517 g/mol. The van der Waals surface area contributed by atoms with Crippen LogP contribution in [0.1, 0.15) is 73.0 Å². The third kappa shape index (κ3) is 7.32. The first-order valence-electron chi connectivity index (χ1n) is 13.3. The predicted octanol–water partition coefficient (Wildman–Crippen LogP) is 4.89. The minimum Gasteiger partial charge on any atom is -0.496 e. The van der Waals surface area contributed by atoms with Crippen molar-refractivity contribution < 1.29 is 41.8 Å². The maximum absolute atomic E-state index is 13.5. The number of carbonyl (C=O) groups is 3. The van der Waals surface area contributed by atoms with Crippen molar-refractivity contribution in [2.75, 3.05) is 44.8 Å². The number of amides is 1. The number of esters is 2. The summed E-state index contributed by atoms with van der Waals surface area (Å²) in [6, 6.07) is 0. The highest BCUT2D eigenvalue weighted by Gasteiger charge is 2.45. The summed E-state index contributed by atoms with van der Waals surface area (Å²) >= 11 is 0. The van der Waals surface area contributed by atoms with Crippen LogP contribution >= 0.6 is 0 Å². The van der Waals surface area contributed by atoms with Crippen molar-refractivity contribution in [3.8, 4) is 5.75 Å². The number of alkyl halides is 3. The number of likely N-dealkylation sites (tertiary alicyclic amines) is 1. The fourth-order valence-corrected chi connectivity index (χ4v) is 5.10. The molecule has 216 valence electrons. The summed E-state index contributed by atoms with van der Waals surface area (Å²) in [7, 11) is 1.39. The summed E-state index contributed by atoms with van der Waals surface area (Å²) in [5, 5.41) is 0. The molecule has 2 aliphatic rings. The van der Waals surface area contributed by atoms with Crippen molar-refractivity contribution in [1.82, 2.24) is 4.90 Å². The van der Waals surface area contributed by atoms with Crippen molar-refractivity contribution in [2.24, 2.45) is 0 Å². The highest BCUT2D eigenvalue weighted by molar-refractivity contribution is 6.08. The number of piperidine rings is 1. The molecule has 0 radical (unpaired) electrons. The van der Waals surface area contributed by atoms with Crippen molar-refractivity contribution >= 4 is 23.5 Å². The number of allylic oxidation sites excluding steroid dienone is 2. The van der Waals surface area contributed by atoms with Crippen molar-refractivity contribution in [3.05, 3.63) is 33.9 Å². The van der Waals surface area contributed by atoms with E-state index in [1.807, 2.05) is 0 Å². The number of nitrogens with zero attached hydrogens (tertiary/aromatic N) is 2. The van der Waals surface area contributed by atoms with Crippen LogP contribution in [0.2, 0.25) is 0 Å². The molecule has 1 fully saturated rings. The van der Waals surface area contributed by atoms with Gasteiger partial charge in [-0.05, 0) is 65.1 Å². The summed E-state index contributed by atoms with van der Waals surface area (Å²) in [5.41, 5.74) is 1.84. The van der Waals surface area contributed by atoms with Crippen LogP contribution in [0.15, 0.2) is 11.6 Å². The second-order valence-electron chi connectivity index (χ2n) is 9.84. The topological polar surface area (TPSA) is 85.4 Å². The zero-order valence-electron chi connectivity index (χ0n) is 23.0.